The first-order chi connectivity index (χ1) is 26.7. The fraction of sp³-hybridized carbons (Fsp3) is 0. The molecule has 9 rings (SSSR count). The lowest BCUT2D eigenvalue weighted by atomic mass is 9.93. The molecule has 0 atom stereocenters. The largest absolute Gasteiger partial charge is 0.255 e. The Labute approximate surface area is 314 Å². The predicted molar refractivity (Wildman–Crippen MR) is 219 cm³/mol. The molecule has 0 bridgehead atoms. The molecule has 0 saturated carbocycles. The minimum absolute atomic E-state index is 0.693. The van der Waals surface area contributed by atoms with Crippen molar-refractivity contribution in [2.75, 3.05) is 0 Å². The van der Waals surface area contributed by atoms with Crippen LogP contribution in [0.5, 0.6) is 0 Å². The Balaban J connectivity index is 1.12. The van der Waals surface area contributed by atoms with Crippen LogP contribution >= 0.6 is 0 Å². The lowest BCUT2D eigenvalue weighted by Crippen LogP contribution is -1.96. The molecule has 254 valence electrons. The molecule has 0 unspecified atom stereocenters. The van der Waals surface area contributed by atoms with Crippen molar-refractivity contribution in [3.8, 4) is 90.1 Å². The number of hydrogen-bond donors (Lipinski definition) is 0. The van der Waals surface area contributed by atoms with Crippen molar-refractivity contribution < 1.29 is 0 Å². The van der Waals surface area contributed by atoms with Gasteiger partial charge in [-0.1, -0.05) is 140 Å². The van der Waals surface area contributed by atoms with E-state index in [1.807, 2.05) is 66.9 Å². The molecule has 0 saturated heterocycles. The van der Waals surface area contributed by atoms with E-state index in [1.165, 1.54) is 0 Å². The van der Waals surface area contributed by atoms with Gasteiger partial charge in [0.05, 0.1) is 34.2 Å². The molecule has 5 aromatic carbocycles. The van der Waals surface area contributed by atoms with Crippen LogP contribution in [0.3, 0.4) is 0 Å². The standard InChI is InChI=1S/C49H33N5/c1-4-15-34(16-5-1)40-31-47(43-25-12-13-27-50-43)52-48(32-40)46-30-38(26-28-51-46)42-24-11-10-23-41(42)37-21-14-22-39(29-37)45-33-44(35-17-6-2-7-18-35)53-49(54-45)36-19-8-3-9-20-36/h1-33H. The highest BCUT2D eigenvalue weighted by molar-refractivity contribution is 5.87. The van der Waals surface area contributed by atoms with Crippen molar-refractivity contribution in [3.63, 3.8) is 0 Å². The first kappa shape index (κ1) is 32.5. The van der Waals surface area contributed by atoms with Crippen LogP contribution in [0, 0.1) is 0 Å². The van der Waals surface area contributed by atoms with Crippen LogP contribution in [0.4, 0.5) is 0 Å². The summed E-state index contributed by atoms with van der Waals surface area (Å²) in [5.74, 6) is 0.693. The van der Waals surface area contributed by atoms with Crippen molar-refractivity contribution in [2.24, 2.45) is 0 Å². The van der Waals surface area contributed by atoms with Crippen molar-refractivity contribution in [3.05, 3.63) is 200 Å². The second kappa shape index (κ2) is 14.7. The Kier molecular flexibility index (Phi) is 8.86. The Bertz CT molecular complexity index is 2390. The van der Waals surface area contributed by atoms with E-state index in [0.717, 1.165) is 84.2 Å². The zero-order valence-corrected chi connectivity index (χ0v) is 29.3. The summed E-state index contributed by atoms with van der Waals surface area (Å²) in [5.41, 5.74) is 14.5. The topological polar surface area (TPSA) is 64.5 Å². The summed E-state index contributed by atoms with van der Waals surface area (Å²) in [7, 11) is 0. The van der Waals surface area contributed by atoms with E-state index < -0.39 is 0 Å². The maximum Gasteiger partial charge on any atom is 0.160 e. The van der Waals surface area contributed by atoms with Gasteiger partial charge in [-0.3, -0.25) is 9.97 Å². The number of nitrogens with zero attached hydrogens (tertiary/aromatic N) is 5. The minimum atomic E-state index is 0.693. The van der Waals surface area contributed by atoms with E-state index in [4.69, 9.17) is 19.9 Å². The quantitative estimate of drug-likeness (QED) is 0.159. The molecule has 4 aromatic heterocycles. The van der Waals surface area contributed by atoms with Crippen LogP contribution in [0.2, 0.25) is 0 Å². The van der Waals surface area contributed by atoms with Crippen LogP contribution in [-0.2, 0) is 0 Å². The van der Waals surface area contributed by atoms with Gasteiger partial charge in [0.1, 0.15) is 0 Å². The third kappa shape index (κ3) is 6.82. The van der Waals surface area contributed by atoms with Crippen LogP contribution in [0.25, 0.3) is 90.1 Å². The van der Waals surface area contributed by atoms with E-state index in [9.17, 15) is 0 Å². The predicted octanol–water partition coefficient (Wildman–Crippen LogP) is 12.0. The highest BCUT2D eigenvalue weighted by Gasteiger charge is 2.15. The molecule has 0 N–H and O–H groups in total. The number of aromatic nitrogens is 5. The molecule has 0 amide bonds. The van der Waals surface area contributed by atoms with Crippen molar-refractivity contribution in [1.29, 1.82) is 0 Å². The van der Waals surface area contributed by atoms with E-state index >= 15 is 0 Å². The van der Waals surface area contributed by atoms with Gasteiger partial charge in [0.25, 0.3) is 0 Å². The molecule has 0 radical (unpaired) electrons. The zero-order valence-electron chi connectivity index (χ0n) is 29.3. The van der Waals surface area contributed by atoms with Gasteiger partial charge in [0.15, 0.2) is 5.82 Å². The van der Waals surface area contributed by atoms with Gasteiger partial charge in [-0.05, 0) is 81.9 Å². The van der Waals surface area contributed by atoms with Gasteiger partial charge in [0, 0.05) is 29.1 Å². The summed E-state index contributed by atoms with van der Waals surface area (Å²) in [5, 5.41) is 0. The molecule has 54 heavy (non-hydrogen) atoms. The first-order valence-corrected chi connectivity index (χ1v) is 17.9. The molecule has 0 aliphatic carbocycles. The Morgan fingerprint density at radius 3 is 1.44 bits per heavy atom. The smallest absolute Gasteiger partial charge is 0.160 e. The molecule has 9 aromatic rings. The number of pyridine rings is 3. The van der Waals surface area contributed by atoms with Crippen LogP contribution in [0.15, 0.2) is 200 Å². The third-order valence-corrected chi connectivity index (χ3v) is 9.42. The lowest BCUT2D eigenvalue weighted by Gasteiger charge is -2.14. The maximum absolute atomic E-state index is 5.09. The summed E-state index contributed by atoms with van der Waals surface area (Å²) in [6, 6.07) is 64.3. The number of benzene rings is 5. The van der Waals surface area contributed by atoms with Crippen LogP contribution < -0.4 is 0 Å². The summed E-state index contributed by atoms with van der Waals surface area (Å²) in [6.45, 7) is 0. The highest BCUT2D eigenvalue weighted by atomic mass is 14.9. The van der Waals surface area contributed by atoms with Gasteiger partial charge in [-0.2, -0.15) is 0 Å². The Morgan fingerprint density at radius 1 is 0.241 bits per heavy atom. The Hall–Kier alpha value is -7.37. The van der Waals surface area contributed by atoms with Crippen LogP contribution in [-0.4, -0.2) is 24.9 Å². The summed E-state index contributed by atoms with van der Waals surface area (Å²) >= 11 is 0. The molecular formula is C49H33N5. The second-order valence-electron chi connectivity index (χ2n) is 13.0. The van der Waals surface area contributed by atoms with Gasteiger partial charge in [-0.25, -0.2) is 15.0 Å². The average molecular weight is 692 g/mol. The molecular weight excluding hydrogens is 659 g/mol. The molecule has 5 heteroatoms. The number of hydrogen-bond acceptors (Lipinski definition) is 5. The van der Waals surface area contributed by atoms with Gasteiger partial charge in [0.2, 0.25) is 0 Å². The van der Waals surface area contributed by atoms with Gasteiger partial charge >= 0.3 is 0 Å². The highest BCUT2D eigenvalue weighted by Crippen LogP contribution is 2.37. The summed E-state index contributed by atoms with van der Waals surface area (Å²) in [4.78, 5) is 24.6. The van der Waals surface area contributed by atoms with Crippen LogP contribution in [0.1, 0.15) is 0 Å². The third-order valence-electron chi connectivity index (χ3n) is 9.42. The second-order valence-corrected chi connectivity index (χ2v) is 13.0. The minimum Gasteiger partial charge on any atom is -0.255 e. The molecule has 0 spiro atoms. The van der Waals surface area contributed by atoms with Crippen molar-refractivity contribution in [2.45, 2.75) is 0 Å². The van der Waals surface area contributed by atoms with Crippen molar-refractivity contribution >= 4 is 0 Å². The van der Waals surface area contributed by atoms with Gasteiger partial charge < -0.3 is 0 Å². The molecule has 0 fully saturated rings. The fourth-order valence-corrected chi connectivity index (χ4v) is 6.74. The molecule has 4 heterocycles. The SMILES string of the molecule is c1ccc(-c2cc(-c3ccccn3)nc(-c3cc(-c4ccccc4-c4cccc(-c5cc(-c6ccccc6)nc(-c6ccccc6)n5)c4)ccn3)c2)cc1. The van der Waals surface area contributed by atoms with E-state index in [0.29, 0.717) is 5.82 Å². The zero-order chi connectivity index (χ0) is 36.1. The monoisotopic (exact) mass is 691 g/mol. The summed E-state index contributed by atoms with van der Waals surface area (Å²) in [6.07, 6.45) is 3.66. The fourth-order valence-electron chi connectivity index (χ4n) is 6.74. The first-order valence-electron chi connectivity index (χ1n) is 17.9. The summed E-state index contributed by atoms with van der Waals surface area (Å²) < 4.78 is 0. The molecule has 0 aliphatic rings. The Morgan fingerprint density at radius 2 is 0.759 bits per heavy atom. The lowest BCUT2D eigenvalue weighted by molar-refractivity contribution is 1.18. The molecule has 5 nitrogen and oxygen atoms in total. The van der Waals surface area contributed by atoms with E-state index in [2.05, 4.69) is 132 Å². The van der Waals surface area contributed by atoms with Crippen molar-refractivity contribution in [1.82, 2.24) is 24.9 Å². The van der Waals surface area contributed by atoms with Gasteiger partial charge in [-0.15, -0.1) is 0 Å². The molecule has 0 aliphatic heterocycles. The average Bonchev–Trinajstić information content (AvgIpc) is 3.27. The normalized spacial score (nSPS) is 11.0. The number of rotatable bonds is 8. The van der Waals surface area contributed by atoms with E-state index in [1.54, 1.807) is 6.20 Å². The maximum atomic E-state index is 5.09. The van der Waals surface area contributed by atoms with E-state index in [-0.39, 0.29) is 0 Å².